The highest BCUT2D eigenvalue weighted by Crippen LogP contribution is 2.21. The number of hydrogen-bond acceptors (Lipinski definition) is 3. The molecule has 0 radical (unpaired) electrons. The minimum absolute atomic E-state index is 0.351. The third kappa shape index (κ3) is 9.26. The number of ketones is 1. The van der Waals surface area contributed by atoms with Crippen molar-refractivity contribution in [3.63, 3.8) is 0 Å². The zero-order chi connectivity index (χ0) is 16.1. The second kappa shape index (κ2) is 13.3. The number of likely N-dealkylation sites (tertiary alicyclic amines) is 1. The zero-order valence-electron chi connectivity index (χ0n) is 15.1. The van der Waals surface area contributed by atoms with Crippen molar-refractivity contribution >= 4 is 5.78 Å². The lowest BCUT2D eigenvalue weighted by atomic mass is 9.91. The summed E-state index contributed by atoms with van der Waals surface area (Å²) in [5.41, 5.74) is 0. The minimum Gasteiger partial charge on any atom is -0.317 e. The van der Waals surface area contributed by atoms with Crippen molar-refractivity contribution in [3.8, 4) is 0 Å². The molecule has 0 aliphatic carbocycles. The van der Waals surface area contributed by atoms with E-state index in [0.717, 1.165) is 31.8 Å². The molecule has 0 spiro atoms. The van der Waals surface area contributed by atoms with E-state index in [4.69, 9.17) is 0 Å². The van der Waals surface area contributed by atoms with Gasteiger partial charge in [0.2, 0.25) is 0 Å². The Hall–Kier alpha value is -0.410. The largest absolute Gasteiger partial charge is 0.317 e. The Morgan fingerprint density at radius 1 is 1.05 bits per heavy atom. The van der Waals surface area contributed by atoms with E-state index in [1.807, 2.05) is 13.8 Å². The number of rotatable bonds is 3. The molecule has 21 heavy (non-hydrogen) atoms. The molecule has 1 N–H and O–H groups in total. The maximum Gasteiger partial charge on any atom is 0.133 e. The van der Waals surface area contributed by atoms with Crippen LogP contribution in [0.5, 0.6) is 0 Å². The molecule has 0 aromatic rings. The summed E-state index contributed by atoms with van der Waals surface area (Å²) in [4.78, 5) is 13.8. The quantitative estimate of drug-likeness (QED) is 0.861. The molecule has 2 heterocycles. The summed E-state index contributed by atoms with van der Waals surface area (Å²) in [6.07, 6.45) is 6.07. The molecule has 3 nitrogen and oxygen atoms in total. The number of nitrogens with one attached hydrogen (secondary N) is 1. The van der Waals surface area contributed by atoms with Crippen molar-refractivity contribution in [2.24, 2.45) is 11.8 Å². The molecular weight excluding hydrogens is 260 g/mol. The summed E-state index contributed by atoms with van der Waals surface area (Å²) in [7, 11) is 0. The first-order chi connectivity index (χ1) is 10.2. The van der Waals surface area contributed by atoms with Crippen LogP contribution in [-0.4, -0.2) is 43.4 Å². The molecule has 2 aliphatic heterocycles. The molecule has 0 aromatic heterocycles. The van der Waals surface area contributed by atoms with Crippen LogP contribution in [0.15, 0.2) is 0 Å². The average molecular weight is 299 g/mol. The van der Waals surface area contributed by atoms with Crippen molar-refractivity contribution in [1.29, 1.82) is 0 Å². The Morgan fingerprint density at radius 2 is 1.52 bits per heavy atom. The molecule has 2 aliphatic rings. The standard InChI is InChI=1S/C13H24N2O.C3H8.C2H6/c1-11(16)13-4-8-15(9-5-13)10-12-2-6-14-7-3-12;1-3-2;1-2/h12-14H,2-10H2,1H3;3H2,1-2H3;1-2H3. The molecule has 3 heteroatoms. The van der Waals surface area contributed by atoms with Gasteiger partial charge in [0.15, 0.2) is 0 Å². The van der Waals surface area contributed by atoms with Gasteiger partial charge in [-0.05, 0) is 64.7 Å². The molecule has 0 amide bonds. The van der Waals surface area contributed by atoms with Crippen LogP contribution < -0.4 is 5.32 Å². The summed E-state index contributed by atoms with van der Waals surface area (Å²) in [6, 6.07) is 0. The molecule has 0 atom stereocenters. The van der Waals surface area contributed by atoms with E-state index >= 15 is 0 Å². The van der Waals surface area contributed by atoms with Crippen molar-refractivity contribution in [3.05, 3.63) is 0 Å². The third-order valence-electron chi connectivity index (χ3n) is 4.14. The first-order valence-electron chi connectivity index (χ1n) is 9.10. The number of carbonyl (C=O) groups excluding carboxylic acids is 1. The molecule has 0 unspecified atom stereocenters. The van der Waals surface area contributed by atoms with E-state index in [1.165, 1.54) is 38.9 Å². The maximum absolute atomic E-state index is 11.3. The van der Waals surface area contributed by atoms with E-state index in [1.54, 1.807) is 6.92 Å². The summed E-state index contributed by atoms with van der Waals surface area (Å²) < 4.78 is 0. The molecular formula is C18H38N2O. The van der Waals surface area contributed by atoms with Crippen LogP contribution in [0.3, 0.4) is 0 Å². The molecule has 0 saturated carbocycles. The van der Waals surface area contributed by atoms with Crippen molar-refractivity contribution < 1.29 is 4.79 Å². The Morgan fingerprint density at radius 3 is 1.95 bits per heavy atom. The minimum atomic E-state index is 0.351. The normalized spacial score (nSPS) is 20.8. The van der Waals surface area contributed by atoms with Gasteiger partial charge in [-0.15, -0.1) is 0 Å². The van der Waals surface area contributed by atoms with Crippen molar-refractivity contribution in [1.82, 2.24) is 10.2 Å². The smallest absolute Gasteiger partial charge is 0.133 e. The summed E-state index contributed by atoms with van der Waals surface area (Å²) in [5, 5.41) is 3.41. The van der Waals surface area contributed by atoms with E-state index in [0.29, 0.717) is 11.7 Å². The van der Waals surface area contributed by atoms with Crippen LogP contribution in [0.2, 0.25) is 0 Å². The van der Waals surface area contributed by atoms with Gasteiger partial charge in [0.05, 0.1) is 0 Å². The van der Waals surface area contributed by atoms with Gasteiger partial charge in [-0.2, -0.15) is 0 Å². The molecule has 0 bridgehead atoms. The molecule has 126 valence electrons. The topological polar surface area (TPSA) is 32.3 Å². The van der Waals surface area contributed by atoms with Gasteiger partial charge < -0.3 is 10.2 Å². The van der Waals surface area contributed by atoms with Crippen molar-refractivity contribution in [2.75, 3.05) is 32.7 Å². The Labute approximate surface area is 132 Å². The van der Waals surface area contributed by atoms with E-state index in [9.17, 15) is 4.79 Å². The summed E-state index contributed by atoms with van der Waals surface area (Å²) >= 11 is 0. The fourth-order valence-corrected chi connectivity index (χ4v) is 2.95. The number of hydrogen-bond donors (Lipinski definition) is 1. The fourth-order valence-electron chi connectivity index (χ4n) is 2.95. The molecule has 2 fully saturated rings. The first kappa shape index (κ1) is 20.6. The summed E-state index contributed by atoms with van der Waals surface area (Å²) in [5.74, 6) is 1.63. The fraction of sp³-hybridized carbons (Fsp3) is 0.944. The highest BCUT2D eigenvalue weighted by Gasteiger charge is 2.24. The van der Waals surface area contributed by atoms with Gasteiger partial charge >= 0.3 is 0 Å². The average Bonchev–Trinajstić information content (AvgIpc) is 2.52. The van der Waals surface area contributed by atoms with Gasteiger partial charge in [0, 0.05) is 12.5 Å². The lowest BCUT2D eigenvalue weighted by molar-refractivity contribution is -0.122. The molecule has 2 rings (SSSR count). The van der Waals surface area contributed by atoms with Gasteiger partial charge in [-0.3, -0.25) is 4.79 Å². The lowest BCUT2D eigenvalue weighted by Gasteiger charge is -2.34. The molecule has 2 saturated heterocycles. The predicted molar refractivity (Wildman–Crippen MR) is 92.8 cm³/mol. The Balaban J connectivity index is 0.000000713. The predicted octanol–water partition coefficient (Wildman–Crippen LogP) is 3.73. The van der Waals surface area contributed by atoms with Gasteiger partial charge in [0.1, 0.15) is 5.78 Å². The monoisotopic (exact) mass is 298 g/mol. The number of Topliss-reactive ketones (excluding diaryl/α,β-unsaturated/α-hetero) is 1. The number of nitrogens with zero attached hydrogens (tertiary/aromatic N) is 1. The van der Waals surface area contributed by atoms with E-state index < -0.39 is 0 Å². The van der Waals surface area contributed by atoms with Crippen LogP contribution in [-0.2, 0) is 4.79 Å². The van der Waals surface area contributed by atoms with Crippen molar-refractivity contribution in [2.45, 2.75) is 66.7 Å². The third-order valence-corrected chi connectivity index (χ3v) is 4.14. The number of piperidine rings is 2. The van der Waals surface area contributed by atoms with E-state index in [2.05, 4.69) is 24.1 Å². The second-order valence-electron chi connectivity index (χ2n) is 6.09. The van der Waals surface area contributed by atoms with Gasteiger partial charge in [-0.1, -0.05) is 34.1 Å². The van der Waals surface area contributed by atoms with Crippen LogP contribution in [0.4, 0.5) is 0 Å². The first-order valence-corrected chi connectivity index (χ1v) is 9.10. The van der Waals surface area contributed by atoms with Gasteiger partial charge in [0.25, 0.3) is 0 Å². The Bertz CT molecular complexity index is 242. The zero-order valence-corrected chi connectivity index (χ0v) is 15.1. The SMILES string of the molecule is CC.CC(=O)C1CCN(CC2CCNCC2)CC1.CCC. The summed E-state index contributed by atoms with van der Waals surface area (Å²) in [6.45, 7) is 15.9. The van der Waals surface area contributed by atoms with Gasteiger partial charge in [-0.25, -0.2) is 0 Å². The Kier molecular flexibility index (Phi) is 13.0. The van der Waals surface area contributed by atoms with Crippen LogP contribution >= 0.6 is 0 Å². The van der Waals surface area contributed by atoms with Crippen LogP contribution in [0, 0.1) is 11.8 Å². The van der Waals surface area contributed by atoms with Crippen LogP contribution in [0.25, 0.3) is 0 Å². The van der Waals surface area contributed by atoms with E-state index in [-0.39, 0.29) is 0 Å². The number of carbonyl (C=O) groups is 1. The second-order valence-corrected chi connectivity index (χ2v) is 6.09. The molecule has 0 aromatic carbocycles. The lowest BCUT2D eigenvalue weighted by Crippen LogP contribution is -2.41. The maximum atomic E-state index is 11.3. The van der Waals surface area contributed by atoms with Crippen LogP contribution in [0.1, 0.15) is 66.7 Å². The highest BCUT2D eigenvalue weighted by molar-refractivity contribution is 5.78. The highest BCUT2D eigenvalue weighted by atomic mass is 16.1.